The second kappa shape index (κ2) is 5.28. The number of fused-ring (bicyclic) bond motifs is 1. The van der Waals surface area contributed by atoms with E-state index in [1.54, 1.807) is 6.20 Å². The summed E-state index contributed by atoms with van der Waals surface area (Å²) < 4.78 is 0. The monoisotopic (exact) mass is 239 g/mol. The Labute approximate surface area is 105 Å². The predicted octanol–water partition coefficient (Wildman–Crippen LogP) is 2.27. The minimum Gasteiger partial charge on any atom is -0.335 e. The molecule has 0 saturated heterocycles. The molecular weight excluding hydrogens is 226 g/mol. The Kier molecular flexibility index (Phi) is 3.54. The Hall–Kier alpha value is -2.41. The van der Waals surface area contributed by atoms with Gasteiger partial charge in [0, 0.05) is 11.6 Å². The van der Waals surface area contributed by atoms with Crippen LogP contribution in [0.15, 0.2) is 36.5 Å². The second-order valence-corrected chi connectivity index (χ2v) is 3.94. The molecule has 1 atom stereocenters. The molecule has 1 aromatic heterocycles. The highest BCUT2D eigenvalue weighted by Gasteiger charge is 2.14. The molecular formula is C14H13N3O. The first-order valence-electron chi connectivity index (χ1n) is 5.80. The van der Waals surface area contributed by atoms with Gasteiger partial charge in [-0.25, -0.2) is 0 Å². The van der Waals surface area contributed by atoms with E-state index in [9.17, 15) is 4.79 Å². The molecule has 1 amide bonds. The molecule has 1 aromatic carbocycles. The molecule has 0 spiro atoms. The summed E-state index contributed by atoms with van der Waals surface area (Å²) in [6.45, 7) is 1.85. The highest BCUT2D eigenvalue weighted by atomic mass is 16.1. The van der Waals surface area contributed by atoms with Crippen LogP contribution in [-0.2, 0) is 0 Å². The summed E-state index contributed by atoms with van der Waals surface area (Å²) in [5.74, 6) is -0.305. The van der Waals surface area contributed by atoms with Crippen molar-refractivity contribution >= 4 is 16.7 Å². The molecule has 4 nitrogen and oxygen atoms in total. The van der Waals surface area contributed by atoms with Crippen LogP contribution in [0.5, 0.6) is 0 Å². The lowest BCUT2D eigenvalue weighted by Gasteiger charge is -2.10. The number of nitrogens with zero attached hydrogens (tertiary/aromatic N) is 2. The molecule has 2 rings (SSSR count). The zero-order valence-electron chi connectivity index (χ0n) is 10.1. The van der Waals surface area contributed by atoms with Gasteiger partial charge < -0.3 is 5.32 Å². The largest absolute Gasteiger partial charge is 0.335 e. The predicted molar refractivity (Wildman–Crippen MR) is 68.9 cm³/mol. The first-order valence-corrected chi connectivity index (χ1v) is 5.80. The van der Waals surface area contributed by atoms with Crippen LogP contribution in [-0.4, -0.2) is 16.9 Å². The van der Waals surface area contributed by atoms with E-state index in [-0.39, 0.29) is 5.91 Å². The van der Waals surface area contributed by atoms with Gasteiger partial charge in [0.15, 0.2) is 0 Å². The van der Waals surface area contributed by atoms with Gasteiger partial charge in [0.05, 0.1) is 6.07 Å². The van der Waals surface area contributed by atoms with Gasteiger partial charge in [-0.2, -0.15) is 5.26 Å². The molecule has 0 aliphatic heterocycles. The van der Waals surface area contributed by atoms with Gasteiger partial charge in [0.2, 0.25) is 0 Å². The van der Waals surface area contributed by atoms with E-state index in [4.69, 9.17) is 5.26 Å². The number of hydrogen-bond acceptors (Lipinski definition) is 3. The summed E-state index contributed by atoms with van der Waals surface area (Å²) in [4.78, 5) is 16.2. The quantitative estimate of drug-likeness (QED) is 0.893. The number of aromatic nitrogens is 1. The summed E-state index contributed by atoms with van der Waals surface area (Å²) in [7, 11) is 0. The van der Waals surface area contributed by atoms with Crippen LogP contribution in [0.2, 0.25) is 0 Å². The first kappa shape index (κ1) is 12.1. The number of carbonyl (C=O) groups excluding carboxylic acids is 1. The van der Waals surface area contributed by atoms with E-state index in [2.05, 4.69) is 10.3 Å². The average molecular weight is 239 g/mol. The Morgan fingerprint density at radius 1 is 1.44 bits per heavy atom. The summed E-state index contributed by atoms with van der Waals surface area (Å²) in [5.41, 5.74) is 0.363. The Balaban J connectivity index is 2.37. The van der Waals surface area contributed by atoms with Gasteiger partial charge in [-0.15, -0.1) is 0 Å². The van der Waals surface area contributed by atoms with Crippen LogP contribution in [0.1, 0.15) is 23.8 Å². The van der Waals surface area contributed by atoms with Gasteiger partial charge in [0.1, 0.15) is 11.7 Å². The maximum absolute atomic E-state index is 12.1. The van der Waals surface area contributed by atoms with Crippen molar-refractivity contribution in [3.63, 3.8) is 0 Å². The lowest BCUT2D eigenvalue weighted by Crippen LogP contribution is -2.33. The summed E-state index contributed by atoms with van der Waals surface area (Å²) in [6, 6.07) is 11.0. The van der Waals surface area contributed by atoms with E-state index in [0.717, 1.165) is 10.8 Å². The number of pyridine rings is 1. The Bertz CT molecular complexity index is 610. The highest BCUT2D eigenvalue weighted by Crippen LogP contribution is 2.16. The third-order valence-electron chi connectivity index (χ3n) is 2.76. The number of benzene rings is 1. The minimum absolute atomic E-state index is 0.305. The van der Waals surface area contributed by atoms with Crippen LogP contribution in [0.25, 0.3) is 10.8 Å². The van der Waals surface area contributed by atoms with Gasteiger partial charge in [-0.05, 0) is 17.9 Å². The average Bonchev–Trinajstić information content (AvgIpc) is 2.43. The van der Waals surface area contributed by atoms with Crippen molar-refractivity contribution in [1.29, 1.82) is 5.26 Å². The molecule has 1 N–H and O–H groups in total. The fourth-order valence-electron chi connectivity index (χ4n) is 1.75. The Morgan fingerprint density at radius 2 is 2.22 bits per heavy atom. The van der Waals surface area contributed by atoms with Gasteiger partial charge in [0.25, 0.3) is 5.91 Å². The van der Waals surface area contributed by atoms with E-state index < -0.39 is 6.04 Å². The first-order chi connectivity index (χ1) is 8.76. The van der Waals surface area contributed by atoms with E-state index in [1.165, 1.54) is 0 Å². The molecule has 90 valence electrons. The molecule has 0 saturated carbocycles. The van der Waals surface area contributed by atoms with Crippen molar-refractivity contribution in [3.05, 3.63) is 42.2 Å². The maximum atomic E-state index is 12.1. The molecule has 0 aliphatic carbocycles. The summed E-state index contributed by atoms with van der Waals surface area (Å²) in [5, 5.41) is 13.3. The molecule has 1 heterocycles. The zero-order chi connectivity index (χ0) is 13.0. The van der Waals surface area contributed by atoms with Gasteiger partial charge in [-0.1, -0.05) is 31.2 Å². The van der Waals surface area contributed by atoms with Crippen molar-refractivity contribution in [2.75, 3.05) is 0 Å². The second-order valence-electron chi connectivity index (χ2n) is 3.94. The maximum Gasteiger partial charge on any atom is 0.271 e. The van der Waals surface area contributed by atoms with E-state index in [1.807, 2.05) is 43.3 Å². The zero-order valence-corrected chi connectivity index (χ0v) is 10.1. The van der Waals surface area contributed by atoms with Crippen LogP contribution in [0.4, 0.5) is 0 Å². The minimum atomic E-state index is -0.474. The Morgan fingerprint density at radius 3 is 2.94 bits per heavy atom. The molecule has 0 bridgehead atoms. The number of nitrogens with one attached hydrogen (secondary N) is 1. The smallest absolute Gasteiger partial charge is 0.271 e. The van der Waals surface area contributed by atoms with Crippen molar-refractivity contribution in [1.82, 2.24) is 10.3 Å². The molecule has 2 aromatic rings. The molecule has 1 unspecified atom stereocenters. The summed E-state index contributed by atoms with van der Waals surface area (Å²) >= 11 is 0. The van der Waals surface area contributed by atoms with Crippen molar-refractivity contribution in [2.45, 2.75) is 19.4 Å². The molecule has 0 radical (unpaired) electrons. The fourth-order valence-corrected chi connectivity index (χ4v) is 1.75. The normalized spacial score (nSPS) is 11.8. The topological polar surface area (TPSA) is 65.8 Å². The van der Waals surface area contributed by atoms with Crippen LogP contribution < -0.4 is 5.32 Å². The van der Waals surface area contributed by atoms with Gasteiger partial charge in [-0.3, -0.25) is 9.78 Å². The van der Waals surface area contributed by atoms with Crippen molar-refractivity contribution < 1.29 is 4.79 Å². The molecule has 18 heavy (non-hydrogen) atoms. The number of nitriles is 1. The van der Waals surface area contributed by atoms with Crippen LogP contribution in [0, 0.1) is 11.3 Å². The third kappa shape index (κ3) is 2.30. The SMILES string of the molecule is CCC(C#N)NC(=O)c1nccc2ccccc12. The lowest BCUT2D eigenvalue weighted by atomic mass is 10.1. The van der Waals surface area contributed by atoms with Gasteiger partial charge >= 0.3 is 0 Å². The number of hydrogen-bond donors (Lipinski definition) is 1. The van der Waals surface area contributed by atoms with Crippen molar-refractivity contribution in [3.8, 4) is 6.07 Å². The van der Waals surface area contributed by atoms with E-state index in [0.29, 0.717) is 12.1 Å². The molecule has 4 heteroatoms. The molecule has 0 fully saturated rings. The standard InChI is InChI=1S/C14H13N3O/c1-2-11(9-15)17-14(18)13-12-6-4-3-5-10(12)7-8-16-13/h3-8,11H,2H2,1H3,(H,17,18). The number of amides is 1. The lowest BCUT2D eigenvalue weighted by molar-refractivity contribution is 0.0941. The van der Waals surface area contributed by atoms with Crippen LogP contribution in [0.3, 0.4) is 0 Å². The highest BCUT2D eigenvalue weighted by molar-refractivity contribution is 6.05. The molecule has 0 aliphatic rings. The van der Waals surface area contributed by atoms with Crippen molar-refractivity contribution in [2.24, 2.45) is 0 Å². The third-order valence-corrected chi connectivity index (χ3v) is 2.76. The van der Waals surface area contributed by atoms with E-state index >= 15 is 0 Å². The number of carbonyl (C=O) groups is 1. The fraction of sp³-hybridized carbons (Fsp3) is 0.214. The number of rotatable bonds is 3. The summed E-state index contributed by atoms with van der Waals surface area (Å²) in [6.07, 6.45) is 2.18. The van der Waals surface area contributed by atoms with Crippen LogP contribution >= 0.6 is 0 Å².